The van der Waals surface area contributed by atoms with Crippen LogP contribution in [0.2, 0.25) is 0 Å². The van der Waals surface area contributed by atoms with Crippen LogP contribution in [0.4, 0.5) is 5.69 Å². The van der Waals surface area contributed by atoms with Crippen LogP contribution in [0.5, 0.6) is 5.75 Å². The molecule has 0 bridgehead atoms. The third-order valence-corrected chi connectivity index (χ3v) is 7.79. The fourth-order valence-electron chi connectivity index (χ4n) is 4.21. The van der Waals surface area contributed by atoms with E-state index in [1.807, 2.05) is 6.92 Å². The summed E-state index contributed by atoms with van der Waals surface area (Å²) in [5.74, 6) is 0.0499. The van der Waals surface area contributed by atoms with Gasteiger partial charge in [0.05, 0.1) is 11.5 Å². The number of anilines is 1. The maximum absolute atomic E-state index is 12.5. The number of hydrogen-bond acceptors (Lipinski definition) is 5. The van der Waals surface area contributed by atoms with Crippen LogP contribution in [-0.4, -0.2) is 45.7 Å². The summed E-state index contributed by atoms with van der Waals surface area (Å²) in [6.07, 6.45) is 4.41. The standard InChI is InChI=1S/C26H36N2O5S/c1-3-21(22-9-11-23(12-10-22)28-16-6-7-17-28)19-33-25-14-13-24(18-20(25)2)34(31,32)27-15-5-4-8-26(29)30/h9-14,18,21,27H,3-8,15-17,19H2,1-2H3,(H,29,30). The molecule has 0 saturated carbocycles. The second-order valence-electron chi connectivity index (χ2n) is 8.88. The molecule has 0 amide bonds. The lowest BCUT2D eigenvalue weighted by molar-refractivity contribution is -0.137. The molecule has 2 aromatic carbocycles. The summed E-state index contributed by atoms with van der Waals surface area (Å²) in [6, 6.07) is 13.6. The molecule has 0 aliphatic carbocycles. The van der Waals surface area contributed by atoms with Gasteiger partial charge in [0.1, 0.15) is 5.75 Å². The molecule has 1 saturated heterocycles. The van der Waals surface area contributed by atoms with Crippen molar-refractivity contribution in [1.29, 1.82) is 0 Å². The van der Waals surface area contributed by atoms with Gasteiger partial charge in [0, 0.05) is 37.7 Å². The highest BCUT2D eigenvalue weighted by molar-refractivity contribution is 7.89. The zero-order chi connectivity index (χ0) is 24.6. The molecule has 3 rings (SSSR count). The van der Waals surface area contributed by atoms with E-state index in [0.29, 0.717) is 25.2 Å². The second kappa shape index (κ2) is 12.2. The Hall–Kier alpha value is -2.58. The van der Waals surface area contributed by atoms with Gasteiger partial charge in [0.15, 0.2) is 0 Å². The lowest BCUT2D eigenvalue weighted by atomic mass is 9.97. The van der Waals surface area contributed by atoms with Crippen LogP contribution in [0, 0.1) is 6.92 Å². The first-order chi connectivity index (χ1) is 16.3. The van der Waals surface area contributed by atoms with Crippen LogP contribution < -0.4 is 14.4 Å². The number of aliphatic carboxylic acids is 1. The minimum atomic E-state index is -3.65. The van der Waals surface area contributed by atoms with Crippen LogP contribution in [0.1, 0.15) is 62.5 Å². The number of carboxylic acids is 1. The molecule has 1 unspecified atom stereocenters. The van der Waals surface area contributed by atoms with Crippen LogP contribution in [0.25, 0.3) is 0 Å². The van der Waals surface area contributed by atoms with E-state index >= 15 is 0 Å². The van der Waals surface area contributed by atoms with E-state index in [1.165, 1.54) is 24.1 Å². The number of hydrogen-bond donors (Lipinski definition) is 2. The summed E-state index contributed by atoms with van der Waals surface area (Å²) >= 11 is 0. The molecule has 1 aliphatic rings. The van der Waals surface area contributed by atoms with Crippen molar-refractivity contribution in [3.05, 3.63) is 53.6 Å². The van der Waals surface area contributed by atoms with Gasteiger partial charge in [0.25, 0.3) is 0 Å². The van der Waals surface area contributed by atoms with Crippen molar-refractivity contribution in [2.24, 2.45) is 0 Å². The Morgan fingerprint density at radius 3 is 2.44 bits per heavy atom. The van der Waals surface area contributed by atoms with Crippen molar-refractivity contribution in [2.45, 2.75) is 63.2 Å². The van der Waals surface area contributed by atoms with Crippen molar-refractivity contribution in [2.75, 3.05) is 31.1 Å². The normalized spacial score (nSPS) is 14.8. The van der Waals surface area contributed by atoms with Crippen LogP contribution in [0.15, 0.2) is 47.4 Å². The first-order valence-corrected chi connectivity index (χ1v) is 13.6. The van der Waals surface area contributed by atoms with E-state index in [2.05, 4.69) is 40.8 Å². The van der Waals surface area contributed by atoms with E-state index in [-0.39, 0.29) is 23.8 Å². The average molecular weight is 489 g/mol. The Bertz CT molecular complexity index is 1050. The Morgan fingerprint density at radius 2 is 1.82 bits per heavy atom. The number of ether oxygens (including phenoxy) is 1. The summed E-state index contributed by atoms with van der Waals surface area (Å²) in [4.78, 5) is 13.2. The highest BCUT2D eigenvalue weighted by Crippen LogP contribution is 2.28. The van der Waals surface area contributed by atoms with Gasteiger partial charge >= 0.3 is 5.97 Å². The Labute approximate surface area is 203 Å². The number of carbonyl (C=O) groups is 1. The molecule has 1 heterocycles. The minimum Gasteiger partial charge on any atom is -0.493 e. The summed E-state index contributed by atoms with van der Waals surface area (Å²) in [5.41, 5.74) is 3.28. The fourth-order valence-corrected chi connectivity index (χ4v) is 5.37. The molecular formula is C26H36N2O5S. The van der Waals surface area contributed by atoms with E-state index in [1.54, 1.807) is 18.2 Å². The second-order valence-corrected chi connectivity index (χ2v) is 10.6. The molecule has 1 aliphatic heterocycles. The molecule has 1 fully saturated rings. The van der Waals surface area contributed by atoms with Gasteiger partial charge in [-0.25, -0.2) is 13.1 Å². The van der Waals surface area contributed by atoms with Gasteiger partial charge in [-0.1, -0.05) is 19.1 Å². The maximum Gasteiger partial charge on any atom is 0.303 e. The largest absolute Gasteiger partial charge is 0.493 e. The predicted octanol–water partition coefficient (Wildman–Crippen LogP) is 4.70. The number of unbranched alkanes of at least 4 members (excludes halogenated alkanes) is 1. The van der Waals surface area contributed by atoms with E-state index in [4.69, 9.17) is 9.84 Å². The number of nitrogens with one attached hydrogen (secondary N) is 1. The average Bonchev–Trinajstić information content (AvgIpc) is 3.35. The number of benzene rings is 2. The van der Waals surface area contributed by atoms with Crippen LogP contribution in [0.3, 0.4) is 0 Å². The lowest BCUT2D eigenvalue weighted by Gasteiger charge is -2.21. The number of rotatable bonds is 13. The summed E-state index contributed by atoms with van der Waals surface area (Å²) < 4.78 is 33.7. The summed E-state index contributed by atoms with van der Waals surface area (Å²) in [5, 5.41) is 8.67. The summed E-state index contributed by atoms with van der Waals surface area (Å²) in [6.45, 7) is 6.98. The van der Waals surface area contributed by atoms with E-state index in [9.17, 15) is 13.2 Å². The smallest absolute Gasteiger partial charge is 0.303 e. The van der Waals surface area contributed by atoms with Gasteiger partial charge in [-0.3, -0.25) is 4.79 Å². The number of aryl methyl sites for hydroxylation is 1. The maximum atomic E-state index is 12.5. The van der Waals surface area contributed by atoms with Gasteiger partial charge in [-0.2, -0.15) is 0 Å². The van der Waals surface area contributed by atoms with Crippen molar-refractivity contribution >= 4 is 21.7 Å². The van der Waals surface area contributed by atoms with Crippen molar-refractivity contribution in [3.8, 4) is 5.75 Å². The van der Waals surface area contributed by atoms with Gasteiger partial charge in [0.2, 0.25) is 10.0 Å². The SMILES string of the molecule is CCC(COc1ccc(S(=O)(=O)NCCCCC(=O)O)cc1C)c1ccc(N2CCCC2)cc1. The number of nitrogens with zero attached hydrogens (tertiary/aromatic N) is 1. The molecule has 1 atom stereocenters. The van der Waals surface area contributed by atoms with Crippen molar-refractivity contribution in [3.63, 3.8) is 0 Å². The zero-order valence-corrected chi connectivity index (χ0v) is 20.9. The molecular weight excluding hydrogens is 452 g/mol. The van der Waals surface area contributed by atoms with Crippen molar-refractivity contribution < 1.29 is 23.1 Å². The third-order valence-electron chi connectivity index (χ3n) is 6.33. The first kappa shape index (κ1) is 26.0. The highest BCUT2D eigenvalue weighted by Gasteiger charge is 2.17. The lowest BCUT2D eigenvalue weighted by Crippen LogP contribution is -2.25. The molecule has 0 aromatic heterocycles. The predicted molar refractivity (Wildman–Crippen MR) is 134 cm³/mol. The number of sulfonamides is 1. The number of carboxylic acid groups (broad SMARTS) is 1. The molecule has 2 aromatic rings. The molecule has 0 radical (unpaired) electrons. The third kappa shape index (κ3) is 7.21. The van der Waals surface area contributed by atoms with Gasteiger partial charge < -0.3 is 14.7 Å². The van der Waals surface area contributed by atoms with Crippen molar-refractivity contribution in [1.82, 2.24) is 4.72 Å². The Morgan fingerprint density at radius 1 is 1.12 bits per heavy atom. The monoisotopic (exact) mass is 488 g/mol. The molecule has 0 spiro atoms. The van der Waals surface area contributed by atoms with Gasteiger partial charge in [-0.15, -0.1) is 0 Å². The van der Waals surface area contributed by atoms with E-state index < -0.39 is 16.0 Å². The van der Waals surface area contributed by atoms with Crippen LogP contribution in [-0.2, 0) is 14.8 Å². The Kier molecular flexibility index (Phi) is 9.36. The topological polar surface area (TPSA) is 95.9 Å². The molecule has 34 heavy (non-hydrogen) atoms. The summed E-state index contributed by atoms with van der Waals surface area (Å²) in [7, 11) is -3.65. The van der Waals surface area contributed by atoms with E-state index in [0.717, 1.165) is 25.1 Å². The zero-order valence-electron chi connectivity index (χ0n) is 20.1. The fraction of sp³-hybridized carbons (Fsp3) is 0.500. The minimum absolute atomic E-state index is 0.0359. The first-order valence-electron chi connectivity index (χ1n) is 12.1. The van der Waals surface area contributed by atoms with Crippen LogP contribution >= 0.6 is 0 Å². The molecule has 7 nitrogen and oxygen atoms in total. The van der Waals surface area contributed by atoms with Gasteiger partial charge in [-0.05, 0) is 80.5 Å². The molecule has 2 N–H and O–H groups in total. The Balaban J connectivity index is 1.56. The molecule has 186 valence electrons. The highest BCUT2D eigenvalue weighted by atomic mass is 32.2. The quantitative estimate of drug-likeness (QED) is 0.397. The molecule has 8 heteroatoms.